The van der Waals surface area contributed by atoms with Crippen molar-refractivity contribution in [2.45, 2.75) is 12.5 Å². The Labute approximate surface area is 59.7 Å². The van der Waals surface area contributed by atoms with E-state index in [1.165, 1.54) is 0 Å². The quantitative estimate of drug-likeness (QED) is 0.525. The van der Waals surface area contributed by atoms with Crippen molar-refractivity contribution in [2.24, 2.45) is 5.73 Å². The van der Waals surface area contributed by atoms with Gasteiger partial charge in [0.2, 0.25) is 5.91 Å². The third-order valence-electron chi connectivity index (χ3n) is 1.68. The molecule has 0 aromatic heterocycles. The van der Waals surface area contributed by atoms with Crippen LogP contribution in [0.3, 0.4) is 0 Å². The lowest BCUT2D eigenvalue weighted by Crippen LogP contribution is -2.67. The molecule has 1 amide bonds. The Bertz CT molecular complexity index is 143. The highest BCUT2D eigenvalue weighted by Gasteiger charge is 2.43. The highest BCUT2D eigenvalue weighted by molar-refractivity contribution is 5.85. The summed E-state index contributed by atoms with van der Waals surface area (Å²) in [6.45, 7) is 3.50. The van der Waals surface area contributed by atoms with Gasteiger partial charge in [-0.15, -0.1) is 0 Å². The number of amides is 1. The number of carbonyl (C=O) groups excluding carboxylic acids is 1. The molecular formula is C6H12N2O2. The van der Waals surface area contributed by atoms with Gasteiger partial charge in [0.25, 0.3) is 0 Å². The number of ether oxygens (including phenoxy) is 1. The van der Waals surface area contributed by atoms with Crippen LogP contribution in [0.2, 0.25) is 0 Å². The molecule has 1 heterocycles. The van der Waals surface area contributed by atoms with Crippen molar-refractivity contribution < 1.29 is 9.53 Å². The van der Waals surface area contributed by atoms with Crippen LogP contribution in [0.25, 0.3) is 0 Å². The average Bonchev–Trinajstić information content (AvgIpc) is 1.77. The summed E-state index contributed by atoms with van der Waals surface area (Å²) in [7, 11) is 0. The molecule has 58 valence electrons. The molecule has 1 saturated heterocycles. The maximum absolute atomic E-state index is 10.8. The number of primary amides is 1. The molecule has 0 aromatic carbocycles. The molecule has 4 nitrogen and oxygen atoms in total. The Morgan fingerprint density at radius 2 is 2.40 bits per heavy atom. The number of nitrogens with one attached hydrogen (secondary N) is 1. The van der Waals surface area contributed by atoms with Crippen LogP contribution in [0.15, 0.2) is 0 Å². The highest BCUT2D eigenvalue weighted by Crippen LogP contribution is 2.15. The first-order valence-corrected chi connectivity index (χ1v) is 3.34. The zero-order valence-corrected chi connectivity index (χ0v) is 6.02. The van der Waals surface area contributed by atoms with Crippen molar-refractivity contribution in [3.05, 3.63) is 0 Å². The molecule has 1 fully saturated rings. The lowest BCUT2D eigenvalue weighted by molar-refractivity contribution is -0.144. The lowest BCUT2D eigenvalue weighted by Gasteiger charge is -2.38. The van der Waals surface area contributed by atoms with Gasteiger partial charge in [-0.3, -0.25) is 10.1 Å². The summed E-state index contributed by atoms with van der Waals surface area (Å²) in [5.74, 6) is -0.319. The van der Waals surface area contributed by atoms with Gasteiger partial charge in [-0.25, -0.2) is 0 Å². The first-order chi connectivity index (χ1) is 4.71. The van der Waals surface area contributed by atoms with E-state index in [0.29, 0.717) is 13.2 Å². The van der Waals surface area contributed by atoms with Crippen LogP contribution >= 0.6 is 0 Å². The van der Waals surface area contributed by atoms with Crippen LogP contribution < -0.4 is 11.1 Å². The van der Waals surface area contributed by atoms with Crippen LogP contribution in [0.1, 0.15) is 6.92 Å². The molecule has 4 heteroatoms. The summed E-state index contributed by atoms with van der Waals surface area (Å²) in [6.07, 6.45) is 0. The number of hydrogen-bond donors (Lipinski definition) is 2. The standard InChI is InChI=1S/C6H12N2O2/c1-2-8-6(5(7)9)3-10-4-6/h8H,2-4H2,1H3,(H2,7,9). The van der Waals surface area contributed by atoms with E-state index >= 15 is 0 Å². The Kier molecular flexibility index (Phi) is 1.92. The fourth-order valence-electron chi connectivity index (χ4n) is 0.976. The normalized spacial score (nSPS) is 21.7. The molecule has 0 saturated carbocycles. The fraction of sp³-hybridized carbons (Fsp3) is 0.833. The Morgan fingerprint density at radius 3 is 2.50 bits per heavy atom. The molecule has 3 N–H and O–H groups in total. The van der Waals surface area contributed by atoms with Gasteiger partial charge in [-0.05, 0) is 6.54 Å². The van der Waals surface area contributed by atoms with E-state index in [1.54, 1.807) is 0 Å². The van der Waals surface area contributed by atoms with Gasteiger partial charge in [-0.1, -0.05) is 6.92 Å². The van der Waals surface area contributed by atoms with E-state index < -0.39 is 5.54 Å². The maximum atomic E-state index is 10.8. The van der Waals surface area contributed by atoms with E-state index in [2.05, 4.69) is 5.32 Å². The average molecular weight is 144 g/mol. The van der Waals surface area contributed by atoms with E-state index in [-0.39, 0.29) is 5.91 Å². The number of likely N-dealkylation sites (N-methyl/N-ethyl adjacent to an activating group) is 1. The Hall–Kier alpha value is -0.610. The van der Waals surface area contributed by atoms with E-state index in [1.807, 2.05) is 6.92 Å². The molecule has 10 heavy (non-hydrogen) atoms. The summed E-state index contributed by atoms with van der Waals surface area (Å²) in [5, 5.41) is 3.00. The van der Waals surface area contributed by atoms with Crippen LogP contribution in [0.4, 0.5) is 0 Å². The van der Waals surface area contributed by atoms with E-state index in [9.17, 15) is 4.79 Å². The molecule has 1 aliphatic rings. The maximum Gasteiger partial charge on any atom is 0.242 e. The highest BCUT2D eigenvalue weighted by atomic mass is 16.5. The van der Waals surface area contributed by atoms with Crippen molar-refractivity contribution in [3.63, 3.8) is 0 Å². The van der Waals surface area contributed by atoms with Crippen LogP contribution in [0, 0.1) is 0 Å². The summed E-state index contributed by atoms with van der Waals surface area (Å²) >= 11 is 0. The Balaban J connectivity index is 2.50. The van der Waals surface area contributed by atoms with E-state index in [0.717, 1.165) is 6.54 Å². The van der Waals surface area contributed by atoms with Gasteiger partial charge >= 0.3 is 0 Å². The zero-order valence-electron chi connectivity index (χ0n) is 6.02. The van der Waals surface area contributed by atoms with Gasteiger partial charge in [-0.2, -0.15) is 0 Å². The minimum Gasteiger partial charge on any atom is -0.376 e. The summed E-state index contributed by atoms with van der Waals surface area (Å²) in [5.41, 5.74) is 4.58. The van der Waals surface area contributed by atoms with Gasteiger partial charge in [0.1, 0.15) is 5.54 Å². The number of nitrogens with two attached hydrogens (primary N) is 1. The summed E-state index contributed by atoms with van der Waals surface area (Å²) in [4.78, 5) is 10.8. The second-order valence-corrected chi connectivity index (χ2v) is 2.47. The minimum absolute atomic E-state index is 0.319. The third kappa shape index (κ3) is 0.998. The van der Waals surface area contributed by atoms with Crippen molar-refractivity contribution in [1.82, 2.24) is 5.32 Å². The monoisotopic (exact) mass is 144 g/mol. The molecule has 1 aliphatic heterocycles. The zero-order chi connectivity index (χ0) is 7.61. The van der Waals surface area contributed by atoms with Crippen molar-refractivity contribution >= 4 is 5.91 Å². The summed E-state index contributed by atoms with van der Waals surface area (Å²) in [6, 6.07) is 0. The first-order valence-electron chi connectivity index (χ1n) is 3.34. The number of rotatable bonds is 3. The molecule has 0 aromatic rings. The van der Waals surface area contributed by atoms with Crippen LogP contribution in [-0.2, 0) is 9.53 Å². The lowest BCUT2D eigenvalue weighted by atomic mass is 9.97. The van der Waals surface area contributed by atoms with E-state index in [4.69, 9.17) is 10.5 Å². The Morgan fingerprint density at radius 1 is 1.80 bits per heavy atom. The van der Waals surface area contributed by atoms with Gasteiger partial charge < -0.3 is 10.5 Å². The molecule has 1 rings (SSSR count). The molecule has 0 bridgehead atoms. The molecule has 0 aliphatic carbocycles. The molecule has 0 atom stereocenters. The smallest absolute Gasteiger partial charge is 0.242 e. The summed E-state index contributed by atoms with van der Waals surface area (Å²) < 4.78 is 4.89. The molecule has 0 radical (unpaired) electrons. The second kappa shape index (κ2) is 2.56. The van der Waals surface area contributed by atoms with Gasteiger partial charge in [0.05, 0.1) is 13.2 Å². The number of hydrogen-bond acceptors (Lipinski definition) is 3. The second-order valence-electron chi connectivity index (χ2n) is 2.47. The van der Waals surface area contributed by atoms with Gasteiger partial charge in [0, 0.05) is 0 Å². The fourth-order valence-corrected chi connectivity index (χ4v) is 0.976. The van der Waals surface area contributed by atoms with Crippen molar-refractivity contribution in [1.29, 1.82) is 0 Å². The largest absolute Gasteiger partial charge is 0.376 e. The predicted molar refractivity (Wildman–Crippen MR) is 36.4 cm³/mol. The molecule has 0 unspecified atom stereocenters. The third-order valence-corrected chi connectivity index (χ3v) is 1.68. The first kappa shape index (κ1) is 7.50. The van der Waals surface area contributed by atoms with Crippen LogP contribution in [-0.4, -0.2) is 31.2 Å². The van der Waals surface area contributed by atoms with Crippen molar-refractivity contribution in [2.75, 3.05) is 19.8 Å². The predicted octanol–water partition coefficient (Wildman–Crippen LogP) is -1.15. The SMILES string of the molecule is CCNC1(C(N)=O)COC1. The topological polar surface area (TPSA) is 64.3 Å². The molecule has 0 spiro atoms. The van der Waals surface area contributed by atoms with Gasteiger partial charge in [0.15, 0.2) is 0 Å². The minimum atomic E-state index is -0.561. The van der Waals surface area contributed by atoms with Crippen molar-refractivity contribution in [3.8, 4) is 0 Å². The number of carbonyl (C=O) groups is 1. The molecular weight excluding hydrogens is 132 g/mol. The van der Waals surface area contributed by atoms with Crippen LogP contribution in [0.5, 0.6) is 0 Å².